The van der Waals surface area contributed by atoms with Gasteiger partial charge in [0.25, 0.3) is 5.91 Å². The summed E-state index contributed by atoms with van der Waals surface area (Å²) in [5.74, 6) is 1.06. The Labute approximate surface area is 197 Å². The first-order valence-corrected chi connectivity index (χ1v) is 11.5. The first-order valence-electron chi connectivity index (χ1n) is 10.4. The van der Waals surface area contributed by atoms with Crippen LogP contribution in [0, 0.1) is 14.9 Å². The van der Waals surface area contributed by atoms with Gasteiger partial charge in [-0.1, -0.05) is 18.2 Å². The Hall–Kier alpha value is -2.73. The molecule has 0 atom stereocenters. The van der Waals surface area contributed by atoms with Gasteiger partial charge in [-0.15, -0.1) is 0 Å². The Bertz CT molecular complexity index is 978. The van der Waals surface area contributed by atoms with Crippen LogP contribution in [0.3, 0.4) is 0 Å². The van der Waals surface area contributed by atoms with Crippen molar-refractivity contribution in [1.82, 2.24) is 4.90 Å². The van der Waals surface area contributed by atoms with E-state index in [1.807, 2.05) is 44.2 Å². The zero-order chi connectivity index (χ0) is 22.2. The SMILES string of the molecule is CCOc1cc(/C=C(/C#N)C(=O)N2CCN(c3ccccc3)CC2)cc(I)c1OCC. The average Bonchev–Trinajstić information content (AvgIpc) is 2.80. The Balaban J connectivity index is 1.76. The average molecular weight is 531 g/mol. The highest BCUT2D eigenvalue weighted by molar-refractivity contribution is 14.1. The van der Waals surface area contributed by atoms with Crippen LogP contribution in [0.4, 0.5) is 5.69 Å². The van der Waals surface area contributed by atoms with Gasteiger partial charge in [0, 0.05) is 31.9 Å². The van der Waals surface area contributed by atoms with Crippen LogP contribution in [0.2, 0.25) is 0 Å². The first kappa shape index (κ1) is 22.9. The van der Waals surface area contributed by atoms with E-state index in [9.17, 15) is 10.1 Å². The second-order valence-electron chi connectivity index (χ2n) is 6.98. The molecule has 6 nitrogen and oxygen atoms in total. The molecule has 0 bridgehead atoms. The molecule has 0 aromatic heterocycles. The van der Waals surface area contributed by atoms with E-state index in [1.54, 1.807) is 11.0 Å². The summed E-state index contributed by atoms with van der Waals surface area (Å²) in [6.07, 6.45) is 1.63. The van der Waals surface area contributed by atoms with Crippen molar-refractivity contribution in [3.05, 3.63) is 57.2 Å². The molecule has 1 aliphatic rings. The summed E-state index contributed by atoms with van der Waals surface area (Å²) in [6, 6.07) is 16.0. The van der Waals surface area contributed by atoms with E-state index in [4.69, 9.17) is 9.47 Å². The van der Waals surface area contributed by atoms with Gasteiger partial charge in [-0.05, 0) is 72.3 Å². The van der Waals surface area contributed by atoms with Crippen LogP contribution in [-0.2, 0) is 4.79 Å². The number of benzene rings is 2. The molecule has 0 N–H and O–H groups in total. The summed E-state index contributed by atoms with van der Waals surface area (Å²) < 4.78 is 12.3. The number of amides is 1. The van der Waals surface area contributed by atoms with Crippen molar-refractivity contribution >= 4 is 40.3 Å². The topological polar surface area (TPSA) is 65.8 Å². The van der Waals surface area contributed by atoms with Crippen LogP contribution in [0.15, 0.2) is 48.0 Å². The molecule has 1 aliphatic heterocycles. The minimum atomic E-state index is -0.239. The molecule has 1 amide bonds. The number of piperazine rings is 1. The maximum atomic E-state index is 13.0. The molecule has 3 rings (SSSR count). The van der Waals surface area contributed by atoms with Crippen molar-refractivity contribution in [2.24, 2.45) is 0 Å². The van der Waals surface area contributed by atoms with Crippen molar-refractivity contribution in [3.63, 3.8) is 0 Å². The summed E-state index contributed by atoms with van der Waals surface area (Å²) in [7, 11) is 0. The zero-order valence-electron chi connectivity index (χ0n) is 17.8. The second-order valence-corrected chi connectivity index (χ2v) is 8.14. The molecule has 0 unspecified atom stereocenters. The maximum absolute atomic E-state index is 13.0. The number of ether oxygens (including phenoxy) is 2. The van der Waals surface area contributed by atoms with E-state index in [0.29, 0.717) is 37.8 Å². The fourth-order valence-electron chi connectivity index (χ4n) is 3.50. The Morgan fingerprint density at radius 1 is 1.10 bits per heavy atom. The Morgan fingerprint density at radius 3 is 2.39 bits per heavy atom. The number of carbonyl (C=O) groups is 1. The number of hydrogen-bond donors (Lipinski definition) is 0. The molecule has 0 spiro atoms. The van der Waals surface area contributed by atoms with Crippen LogP contribution in [0.5, 0.6) is 11.5 Å². The third-order valence-electron chi connectivity index (χ3n) is 4.97. The van der Waals surface area contributed by atoms with Gasteiger partial charge in [0.05, 0.1) is 16.8 Å². The van der Waals surface area contributed by atoms with Gasteiger partial charge >= 0.3 is 0 Å². The van der Waals surface area contributed by atoms with Crippen molar-refractivity contribution in [3.8, 4) is 17.6 Å². The van der Waals surface area contributed by atoms with Gasteiger partial charge in [0.2, 0.25) is 0 Å². The minimum absolute atomic E-state index is 0.121. The lowest BCUT2D eigenvalue weighted by Gasteiger charge is -2.36. The van der Waals surface area contributed by atoms with Crippen molar-refractivity contribution in [2.45, 2.75) is 13.8 Å². The smallest absolute Gasteiger partial charge is 0.264 e. The molecule has 2 aromatic carbocycles. The van der Waals surface area contributed by atoms with Gasteiger partial charge in [0.15, 0.2) is 11.5 Å². The van der Waals surface area contributed by atoms with Crippen LogP contribution in [-0.4, -0.2) is 50.2 Å². The fourth-order valence-corrected chi connectivity index (χ4v) is 4.29. The number of nitrogens with zero attached hydrogens (tertiary/aromatic N) is 3. The molecule has 1 heterocycles. The summed E-state index contributed by atoms with van der Waals surface area (Å²) >= 11 is 2.18. The van der Waals surface area contributed by atoms with E-state index in [1.165, 1.54) is 0 Å². The molecular weight excluding hydrogens is 505 g/mol. The number of nitriles is 1. The van der Waals surface area contributed by atoms with Crippen LogP contribution in [0.1, 0.15) is 19.4 Å². The molecule has 162 valence electrons. The first-order chi connectivity index (χ1) is 15.1. The molecule has 0 aliphatic carbocycles. The molecule has 1 saturated heterocycles. The lowest BCUT2D eigenvalue weighted by molar-refractivity contribution is -0.126. The fraction of sp³-hybridized carbons (Fsp3) is 0.333. The predicted octanol–water partition coefficient (Wildman–Crippen LogP) is 4.34. The number of anilines is 1. The van der Waals surface area contributed by atoms with Crippen molar-refractivity contribution in [1.29, 1.82) is 5.26 Å². The highest BCUT2D eigenvalue weighted by atomic mass is 127. The van der Waals surface area contributed by atoms with Gasteiger partial charge < -0.3 is 19.3 Å². The molecular formula is C24H26IN3O3. The number of halogens is 1. The molecule has 1 fully saturated rings. The maximum Gasteiger partial charge on any atom is 0.264 e. The van der Waals surface area contributed by atoms with Gasteiger partial charge in [-0.25, -0.2) is 0 Å². The molecule has 2 aromatic rings. The van der Waals surface area contributed by atoms with E-state index in [0.717, 1.165) is 27.9 Å². The highest BCUT2D eigenvalue weighted by Crippen LogP contribution is 2.35. The number of para-hydroxylation sites is 1. The van der Waals surface area contributed by atoms with E-state index < -0.39 is 0 Å². The molecule has 31 heavy (non-hydrogen) atoms. The highest BCUT2D eigenvalue weighted by Gasteiger charge is 2.24. The quantitative estimate of drug-likeness (QED) is 0.302. The van der Waals surface area contributed by atoms with Gasteiger partial charge in [-0.2, -0.15) is 5.26 Å². The van der Waals surface area contributed by atoms with Gasteiger partial charge in [-0.3, -0.25) is 4.79 Å². The summed E-state index contributed by atoms with van der Waals surface area (Å²) in [4.78, 5) is 17.0. The van der Waals surface area contributed by atoms with E-state index in [2.05, 4.69) is 45.7 Å². The summed E-state index contributed by atoms with van der Waals surface area (Å²) in [6.45, 7) is 7.50. The Kier molecular flexibility index (Phi) is 8.18. The standard InChI is InChI=1S/C24H26IN3O3/c1-3-30-22-16-18(15-21(25)23(22)31-4-2)14-19(17-26)24(29)28-12-10-27(11-13-28)20-8-6-5-7-9-20/h5-9,14-16H,3-4,10-13H2,1-2H3/b19-14-. The van der Waals surface area contributed by atoms with Crippen molar-refractivity contribution < 1.29 is 14.3 Å². The normalized spacial score (nSPS) is 14.2. The molecule has 0 saturated carbocycles. The molecule has 7 heteroatoms. The number of hydrogen-bond acceptors (Lipinski definition) is 5. The van der Waals surface area contributed by atoms with E-state index >= 15 is 0 Å². The third-order valence-corrected chi connectivity index (χ3v) is 5.77. The summed E-state index contributed by atoms with van der Waals surface area (Å²) in [5, 5.41) is 9.67. The third kappa shape index (κ3) is 5.70. The van der Waals surface area contributed by atoms with Crippen LogP contribution >= 0.6 is 22.6 Å². The minimum Gasteiger partial charge on any atom is -0.490 e. The summed E-state index contributed by atoms with van der Waals surface area (Å²) in [5.41, 5.74) is 2.01. The largest absolute Gasteiger partial charge is 0.490 e. The zero-order valence-corrected chi connectivity index (χ0v) is 20.0. The monoisotopic (exact) mass is 531 g/mol. The van der Waals surface area contributed by atoms with Crippen LogP contribution < -0.4 is 14.4 Å². The second kappa shape index (κ2) is 11.0. The van der Waals surface area contributed by atoms with Crippen molar-refractivity contribution in [2.75, 3.05) is 44.3 Å². The Morgan fingerprint density at radius 2 is 1.77 bits per heavy atom. The van der Waals surface area contributed by atoms with Crippen LogP contribution in [0.25, 0.3) is 6.08 Å². The lowest BCUT2D eigenvalue weighted by atomic mass is 10.1. The van der Waals surface area contributed by atoms with Gasteiger partial charge in [0.1, 0.15) is 11.6 Å². The molecule has 0 radical (unpaired) electrons. The number of carbonyl (C=O) groups excluding carboxylic acids is 1. The number of rotatable bonds is 7. The predicted molar refractivity (Wildman–Crippen MR) is 130 cm³/mol. The lowest BCUT2D eigenvalue weighted by Crippen LogP contribution is -2.49. The van der Waals surface area contributed by atoms with E-state index in [-0.39, 0.29) is 11.5 Å².